The van der Waals surface area contributed by atoms with Gasteiger partial charge in [-0.3, -0.25) is 0 Å². The summed E-state index contributed by atoms with van der Waals surface area (Å²) in [5.74, 6) is 0. The van der Waals surface area contributed by atoms with Crippen molar-refractivity contribution in [1.29, 1.82) is 0 Å². The number of thioether (sulfide) groups is 1. The quantitative estimate of drug-likeness (QED) is 0.672. The van der Waals surface area contributed by atoms with Crippen molar-refractivity contribution in [3.8, 4) is 0 Å². The maximum Gasteiger partial charge on any atom is 0.250 e. The summed E-state index contributed by atoms with van der Waals surface area (Å²) in [5, 5.41) is 3.31. The molecule has 0 saturated heterocycles. The summed E-state index contributed by atoms with van der Waals surface area (Å²) in [5.41, 5.74) is 1.04. The standard InChI is InChI=1S/C14H26N2O2S3/c1-6-7-15-9-12-11(2)8-13(20-12)21(17,18)16-10-14(3,4)19-5/h8,15-16H,6-7,9-10H2,1-5H3. The predicted octanol–water partition coefficient (Wildman–Crippen LogP) is 2.98. The first-order valence-corrected chi connectivity index (χ1v) is 10.6. The van der Waals surface area contributed by atoms with E-state index in [1.54, 1.807) is 17.8 Å². The second-order valence-corrected chi connectivity index (χ2v) is 10.3. The van der Waals surface area contributed by atoms with Crippen LogP contribution >= 0.6 is 23.1 Å². The minimum absolute atomic E-state index is 0.106. The van der Waals surface area contributed by atoms with Crippen LogP contribution in [0.5, 0.6) is 0 Å². The van der Waals surface area contributed by atoms with Gasteiger partial charge in [-0.05, 0) is 51.6 Å². The van der Waals surface area contributed by atoms with Crippen LogP contribution in [0.1, 0.15) is 37.6 Å². The Bertz CT molecular complexity index is 551. The van der Waals surface area contributed by atoms with Crippen molar-refractivity contribution in [3.05, 3.63) is 16.5 Å². The molecule has 0 bridgehead atoms. The van der Waals surface area contributed by atoms with Crippen LogP contribution in [0.2, 0.25) is 0 Å². The van der Waals surface area contributed by atoms with E-state index < -0.39 is 10.0 Å². The zero-order valence-electron chi connectivity index (χ0n) is 13.4. The number of aryl methyl sites for hydroxylation is 1. The molecule has 122 valence electrons. The van der Waals surface area contributed by atoms with Crippen molar-refractivity contribution in [2.45, 2.75) is 49.6 Å². The molecule has 0 radical (unpaired) electrons. The molecule has 1 aromatic heterocycles. The first-order valence-electron chi connectivity index (χ1n) is 7.06. The molecule has 0 aliphatic rings. The minimum Gasteiger partial charge on any atom is -0.312 e. The summed E-state index contributed by atoms with van der Waals surface area (Å²) in [4.78, 5) is 1.09. The highest BCUT2D eigenvalue weighted by Gasteiger charge is 2.23. The fourth-order valence-electron chi connectivity index (χ4n) is 1.59. The van der Waals surface area contributed by atoms with E-state index in [2.05, 4.69) is 17.0 Å². The van der Waals surface area contributed by atoms with Gasteiger partial charge in [0.05, 0.1) is 0 Å². The molecule has 7 heteroatoms. The Morgan fingerprint density at radius 1 is 1.38 bits per heavy atom. The molecule has 0 aliphatic heterocycles. The van der Waals surface area contributed by atoms with E-state index in [1.165, 1.54) is 11.3 Å². The Labute approximate surface area is 137 Å². The molecule has 1 heterocycles. The summed E-state index contributed by atoms with van der Waals surface area (Å²) in [7, 11) is -3.41. The molecule has 1 aromatic rings. The molecule has 0 saturated carbocycles. The smallest absolute Gasteiger partial charge is 0.250 e. The zero-order valence-corrected chi connectivity index (χ0v) is 15.9. The van der Waals surface area contributed by atoms with E-state index in [-0.39, 0.29) is 4.75 Å². The van der Waals surface area contributed by atoms with Crippen LogP contribution in [0.25, 0.3) is 0 Å². The first kappa shape index (κ1) is 19.0. The Morgan fingerprint density at radius 3 is 2.62 bits per heavy atom. The maximum atomic E-state index is 12.4. The third kappa shape index (κ3) is 5.90. The molecular weight excluding hydrogens is 324 g/mol. The Kier molecular flexibility index (Phi) is 7.19. The number of hydrogen-bond donors (Lipinski definition) is 2. The largest absolute Gasteiger partial charge is 0.312 e. The fraction of sp³-hybridized carbons (Fsp3) is 0.714. The Morgan fingerprint density at radius 2 is 2.05 bits per heavy atom. The lowest BCUT2D eigenvalue weighted by atomic mass is 10.2. The number of hydrogen-bond acceptors (Lipinski definition) is 5. The zero-order chi connectivity index (χ0) is 16.1. The van der Waals surface area contributed by atoms with Gasteiger partial charge in [-0.2, -0.15) is 11.8 Å². The van der Waals surface area contributed by atoms with Crippen molar-refractivity contribution < 1.29 is 8.42 Å². The minimum atomic E-state index is -3.41. The Balaban J connectivity index is 2.77. The van der Waals surface area contributed by atoms with Crippen LogP contribution < -0.4 is 10.0 Å². The molecule has 0 unspecified atom stereocenters. The van der Waals surface area contributed by atoms with Gasteiger partial charge in [0, 0.05) is 22.7 Å². The van der Waals surface area contributed by atoms with E-state index in [9.17, 15) is 8.42 Å². The SMILES string of the molecule is CCCNCc1sc(S(=O)(=O)NCC(C)(C)SC)cc1C. The maximum absolute atomic E-state index is 12.4. The van der Waals surface area contributed by atoms with Crippen LogP contribution in [0, 0.1) is 6.92 Å². The van der Waals surface area contributed by atoms with Gasteiger partial charge in [-0.15, -0.1) is 11.3 Å². The van der Waals surface area contributed by atoms with Crippen molar-refractivity contribution >= 4 is 33.1 Å². The molecular formula is C14H26N2O2S3. The second-order valence-electron chi connectivity index (χ2n) is 5.64. The second kappa shape index (κ2) is 7.97. The summed E-state index contributed by atoms with van der Waals surface area (Å²) in [6, 6.07) is 1.77. The van der Waals surface area contributed by atoms with Crippen LogP contribution in [-0.4, -0.2) is 32.5 Å². The monoisotopic (exact) mass is 350 g/mol. The van der Waals surface area contributed by atoms with Gasteiger partial charge < -0.3 is 5.32 Å². The van der Waals surface area contributed by atoms with Gasteiger partial charge in [-0.25, -0.2) is 13.1 Å². The van der Waals surface area contributed by atoms with Crippen LogP contribution in [0.4, 0.5) is 0 Å². The summed E-state index contributed by atoms with van der Waals surface area (Å²) >= 11 is 3.01. The van der Waals surface area contributed by atoms with Gasteiger partial charge in [0.2, 0.25) is 10.0 Å². The third-order valence-electron chi connectivity index (χ3n) is 3.22. The van der Waals surface area contributed by atoms with Gasteiger partial charge >= 0.3 is 0 Å². The normalized spacial score (nSPS) is 12.8. The number of rotatable bonds is 9. The third-order valence-corrected chi connectivity index (χ3v) is 7.58. The summed E-state index contributed by atoms with van der Waals surface area (Å²) < 4.78 is 27.7. The van der Waals surface area contributed by atoms with Crippen molar-refractivity contribution in [1.82, 2.24) is 10.0 Å². The van der Waals surface area contributed by atoms with Gasteiger partial charge in [-0.1, -0.05) is 6.92 Å². The molecule has 21 heavy (non-hydrogen) atoms. The molecule has 0 spiro atoms. The lowest BCUT2D eigenvalue weighted by molar-refractivity contribution is 0.572. The average Bonchev–Trinajstić information content (AvgIpc) is 2.80. The molecule has 4 nitrogen and oxygen atoms in total. The number of thiophene rings is 1. The van der Waals surface area contributed by atoms with Crippen LogP contribution in [0.15, 0.2) is 10.3 Å². The average molecular weight is 351 g/mol. The van der Waals surface area contributed by atoms with Crippen LogP contribution in [-0.2, 0) is 16.6 Å². The van der Waals surface area contributed by atoms with Gasteiger partial charge in [0.25, 0.3) is 0 Å². The fourth-order valence-corrected chi connectivity index (χ4v) is 4.71. The summed E-state index contributed by atoms with van der Waals surface area (Å²) in [6.45, 7) is 10.2. The molecule has 0 fully saturated rings. The van der Waals surface area contributed by atoms with E-state index in [1.807, 2.05) is 27.0 Å². The molecule has 0 aliphatic carbocycles. The van der Waals surface area contributed by atoms with Gasteiger partial charge in [0.1, 0.15) is 4.21 Å². The highest BCUT2D eigenvalue weighted by molar-refractivity contribution is 8.00. The van der Waals surface area contributed by atoms with Crippen molar-refractivity contribution in [2.75, 3.05) is 19.3 Å². The van der Waals surface area contributed by atoms with Crippen LogP contribution in [0.3, 0.4) is 0 Å². The van der Waals surface area contributed by atoms with E-state index >= 15 is 0 Å². The van der Waals surface area contributed by atoms with E-state index in [4.69, 9.17) is 0 Å². The van der Waals surface area contributed by atoms with Crippen molar-refractivity contribution in [3.63, 3.8) is 0 Å². The lowest BCUT2D eigenvalue weighted by Gasteiger charge is -2.21. The molecule has 2 N–H and O–H groups in total. The summed E-state index contributed by atoms with van der Waals surface area (Å²) in [6.07, 6.45) is 3.06. The topological polar surface area (TPSA) is 58.2 Å². The highest BCUT2D eigenvalue weighted by atomic mass is 32.2. The molecule has 0 aromatic carbocycles. The number of sulfonamides is 1. The molecule has 0 amide bonds. The molecule has 1 rings (SSSR count). The van der Waals surface area contributed by atoms with E-state index in [0.29, 0.717) is 10.8 Å². The number of nitrogens with one attached hydrogen (secondary N) is 2. The van der Waals surface area contributed by atoms with Crippen molar-refractivity contribution in [2.24, 2.45) is 0 Å². The van der Waals surface area contributed by atoms with E-state index in [0.717, 1.165) is 30.0 Å². The first-order chi connectivity index (χ1) is 9.72. The molecule has 0 atom stereocenters. The lowest BCUT2D eigenvalue weighted by Crippen LogP contribution is -2.35. The Hall–Kier alpha value is -0.0800. The predicted molar refractivity (Wildman–Crippen MR) is 93.8 cm³/mol. The highest BCUT2D eigenvalue weighted by Crippen LogP contribution is 2.27. The van der Waals surface area contributed by atoms with Gasteiger partial charge in [0.15, 0.2) is 0 Å².